The average Bonchev–Trinajstić information content (AvgIpc) is 2.42. The van der Waals surface area contributed by atoms with Gasteiger partial charge in [0.2, 0.25) is 10.0 Å². The summed E-state index contributed by atoms with van der Waals surface area (Å²) >= 11 is 0. The number of carbonyl (C=O) groups is 1. The molecule has 1 unspecified atom stereocenters. The molecule has 1 rings (SSSR count). The maximum Gasteiger partial charge on any atom is 0.253 e. The summed E-state index contributed by atoms with van der Waals surface area (Å²) in [5.74, 6) is 0.235. The van der Waals surface area contributed by atoms with Crippen LogP contribution in [-0.4, -0.2) is 32.3 Å². The molecule has 1 aromatic carbocycles. The molecule has 1 atom stereocenters. The fourth-order valence-corrected chi connectivity index (χ4v) is 2.41. The van der Waals surface area contributed by atoms with E-state index in [1.807, 2.05) is 6.92 Å². The summed E-state index contributed by atoms with van der Waals surface area (Å²) in [5, 5.41) is 5.08. The monoisotopic (exact) mass is 298 g/mol. The van der Waals surface area contributed by atoms with Gasteiger partial charge in [-0.1, -0.05) is 26.3 Å². The van der Waals surface area contributed by atoms with Gasteiger partial charge in [-0.3, -0.25) is 4.79 Å². The van der Waals surface area contributed by atoms with Crippen molar-refractivity contribution in [2.24, 2.45) is 11.1 Å². The van der Waals surface area contributed by atoms with Crippen molar-refractivity contribution in [2.45, 2.75) is 32.1 Å². The highest BCUT2D eigenvalue weighted by Crippen LogP contribution is 2.13. The highest BCUT2D eigenvalue weighted by atomic mass is 32.2. The molecule has 0 aliphatic rings. The Morgan fingerprint density at radius 1 is 1.35 bits per heavy atom. The van der Waals surface area contributed by atoms with Gasteiger partial charge in [-0.05, 0) is 31.0 Å². The Hall–Kier alpha value is -1.40. The minimum atomic E-state index is -3.79. The van der Waals surface area contributed by atoms with Gasteiger partial charge < -0.3 is 4.90 Å². The summed E-state index contributed by atoms with van der Waals surface area (Å²) in [5.41, 5.74) is 0.349. The van der Waals surface area contributed by atoms with Crippen LogP contribution in [0.25, 0.3) is 0 Å². The van der Waals surface area contributed by atoms with Gasteiger partial charge in [-0.2, -0.15) is 0 Å². The smallest absolute Gasteiger partial charge is 0.253 e. The molecule has 6 heteroatoms. The second-order valence-corrected chi connectivity index (χ2v) is 6.49. The number of hydrogen-bond acceptors (Lipinski definition) is 3. The quantitative estimate of drug-likeness (QED) is 0.870. The van der Waals surface area contributed by atoms with E-state index in [2.05, 4.69) is 13.8 Å². The number of carbonyl (C=O) groups excluding carboxylic acids is 1. The maximum absolute atomic E-state index is 12.4. The highest BCUT2D eigenvalue weighted by molar-refractivity contribution is 7.89. The van der Waals surface area contributed by atoms with Crippen LogP contribution in [-0.2, 0) is 10.0 Å². The summed E-state index contributed by atoms with van der Waals surface area (Å²) in [6.45, 7) is 7.30. The summed E-state index contributed by atoms with van der Waals surface area (Å²) in [4.78, 5) is 14.1. The van der Waals surface area contributed by atoms with Crippen molar-refractivity contribution in [2.75, 3.05) is 13.1 Å². The van der Waals surface area contributed by atoms with Crippen molar-refractivity contribution in [1.29, 1.82) is 0 Å². The standard InChI is InChI=1S/C14H22N2O3S/c1-4-11(3)10-16(5-2)14(17)12-7-6-8-13(9-12)20(15,18)19/h6-9,11H,4-5,10H2,1-3H3,(H2,15,18,19). The predicted octanol–water partition coefficient (Wildman–Crippen LogP) is 1.84. The molecule has 0 saturated carbocycles. The Balaban J connectivity index is 3.01. The fraction of sp³-hybridized carbons (Fsp3) is 0.500. The van der Waals surface area contributed by atoms with Crippen LogP contribution in [0.4, 0.5) is 0 Å². The Bertz CT molecular complexity index is 570. The SMILES string of the molecule is CCC(C)CN(CC)C(=O)c1cccc(S(N)(=O)=O)c1. The molecule has 0 aliphatic carbocycles. The number of amides is 1. The number of rotatable bonds is 6. The average molecular weight is 298 g/mol. The largest absolute Gasteiger partial charge is 0.339 e. The van der Waals surface area contributed by atoms with Crippen molar-refractivity contribution in [3.63, 3.8) is 0 Å². The van der Waals surface area contributed by atoms with Gasteiger partial charge in [-0.15, -0.1) is 0 Å². The third kappa shape index (κ3) is 4.31. The second kappa shape index (κ2) is 6.85. The molecule has 0 spiro atoms. The van der Waals surface area contributed by atoms with Crippen LogP contribution in [0.2, 0.25) is 0 Å². The molecule has 20 heavy (non-hydrogen) atoms. The minimum Gasteiger partial charge on any atom is -0.339 e. The molecule has 0 radical (unpaired) electrons. The minimum absolute atomic E-state index is 0.0389. The molecule has 1 amide bonds. The van der Waals surface area contributed by atoms with Crippen LogP contribution in [0.3, 0.4) is 0 Å². The van der Waals surface area contributed by atoms with Crippen molar-refractivity contribution < 1.29 is 13.2 Å². The molecule has 1 aromatic rings. The van der Waals surface area contributed by atoms with E-state index in [1.54, 1.807) is 11.0 Å². The van der Waals surface area contributed by atoms with Gasteiger partial charge in [0.25, 0.3) is 5.91 Å². The van der Waals surface area contributed by atoms with Gasteiger partial charge in [0.1, 0.15) is 0 Å². The lowest BCUT2D eigenvalue weighted by Crippen LogP contribution is -2.34. The molecule has 112 valence electrons. The topological polar surface area (TPSA) is 80.5 Å². The first-order chi connectivity index (χ1) is 9.29. The van der Waals surface area contributed by atoms with E-state index in [4.69, 9.17) is 5.14 Å². The van der Waals surface area contributed by atoms with E-state index in [-0.39, 0.29) is 10.8 Å². The van der Waals surface area contributed by atoms with E-state index in [1.165, 1.54) is 18.2 Å². The van der Waals surface area contributed by atoms with Gasteiger partial charge in [-0.25, -0.2) is 13.6 Å². The Morgan fingerprint density at radius 2 is 2.00 bits per heavy atom. The van der Waals surface area contributed by atoms with Crippen molar-refractivity contribution >= 4 is 15.9 Å². The molecule has 2 N–H and O–H groups in total. The lowest BCUT2D eigenvalue weighted by molar-refractivity contribution is 0.0740. The molecule has 0 bridgehead atoms. The lowest BCUT2D eigenvalue weighted by Gasteiger charge is -2.24. The zero-order valence-corrected chi connectivity index (χ0v) is 13.0. The van der Waals surface area contributed by atoms with Crippen molar-refractivity contribution in [3.8, 4) is 0 Å². The van der Waals surface area contributed by atoms with E-state index in [9.17, 15) is 13.2 Å². The van der Waals surface area contributed by atoms with Crippen LogP contribution in [0.5, 0.6) is 0 Å². The number of nitrogens with zero attached hydrogens (tertiary/aromatic N) is 1. The van der Waals surface area contributed by atoms with Crippen molar-refractivity contribution in [3.05, 3.63) is 29.8 Å². The van der Waals surface area contributed by atoms with E-state index in [0.717, 1.165) is 6.42 Å². The zero-order valence-electron chi connectivity index (χ0n) is 12.2. The fourth-order valence-electron chi connectivity index (χ4n) is 1.85. The van der Waals surface area contributed by atoms with Gasteiger partial charge in [0, 0.05) is 18.7 Å². The van der Waals surface area contributed by atoms with Crippen molar-refractivity contribution in [1.82, 2.24) is 4.90 Å². The maximum atomic E-state index is 12.4. The second-order valence-electron chi connectivity index (χ2n) is 4.93. The van der Waals surface area contributed by atoms with Gasteiger partial charge in [0.05, 0.1) is 4.90 Å². The third-order valence-electron chi connectivity index (χ3n) is 3.31. The Kier molecular flexibility index (Phi) is 5.71. The van der Waals surface area contributed by atoms with E-state index in [0.29, 0.717) is 24.6 Å². The Morgan fingerprint density at radius 3 is 2.50 bits per heavy atom. The molecule has 5 nitrogen and oxygen atoms in total. The third-order valence-corrected chi connectivity index (χ3v) is 4.22. The van der Waals surface area contributed by atoms with E-state index < -0.39 is 10.0 Å². The normalized spacial score (nSPS) is 13.0. The summed E-state index contributed by atoms with van der Waals surface area (Å²) in [6.07, 6.45) is 0.987. The van der Waals surface area contributed by atoms with Crippen LogP contribution in [0, 0.1) is 5.92 Å². The molecular formula is C14H22N2O3S. The molecule has 0 saturated heterocycles. The van der Waals surface area contributed by atoms with Crippen LogP contribution >= 0.6 is 0 Å². The van der Waals surface area contributed by atoms with E-state index >= 15 is 0 Å². The molecule has 0 fully saturated rings. The van der Waals surface area contributed by atoms with Gasteiger partial charge in [0.15, 0.2) is 0 Å². The molecule has 0 aliphatic heterocycles. The Labute approximate surface area is 120 Å². The zero-order chi connectivity index (χ0) is 15.3. The first-order valence-electron chi connectivity index (χ1n) is 6.71. The number of benzene rings is 1. The predicted molar refractivity (Wildman–Crippen MR) is 78.8 cm³/mol. The number of sulfonamides is 1. The molecule has 0 aromatic heterocycles. The number of nitrogens with two attached hydrogens (primary N) is 1. The molecule has 0 heterocycles. The summed E-state index contributed by atoms with van der Waals surface area (Å²) < 4.78 is 22.6. The first-order valence-corrected chi connectivity index (χ1v) is 8.26. The summed E-state index contributed by atoms with van der Waals surface area (Å²) in [7, 11) is -3.79. The van der Waals surface area contributed by atoms with Gasteiger partial charge >= 0.3 is 0 Å². The van der Waals surface area contributed by atoms with Crippen LogP contribution < -0.4 is 5.14 Å². The highest BCUT2D eigenvalue weighted by Gasteiger charge is 2.18. The molecular weight excluding hydrogens is 276 g/mol. The van der Waals surface area contributed by atoms with Crippen LogP contribution in [0.15, 0.2) is 29.2 Å². The number of hydrogen-bond donors (Lipinski definition) is 1. The van der Waals surface area contributed by atoms with Crippen LogP contribution in [0.1, 0.15) is 37.6 Å². The number of primary sulfonamides is 1. The summed E-state index contributed by atoms with van der Waals surface area (Å²) in [6, 6.07) is 5.86. The lowest BCUT2D eigenvalue weighted by atomic mass is 10.1. The first kappa shape index (κ1) is 16.7.